The maximum Gasteiger partial charge on any atom is 0.146 e. The van der Waals surface area contributed by atoms with Gasteiger partial charge in [0.2, 0.25) is 0 Å². The minimum atomic E-state index is -0.0390. The van der Waals surface area contributed by atoms with E-state index in [0.717, 1.165) is 16.6 Å². The second-order valence-corrected chi connectivity index (χ2v) is 5.41. The average molecular weight is 241 g/mol. The van der Waals surface area contributed by atoms with Gasteiger partial charge in [-0.05, 0) is 32.9 Å². The first-order valence-electron chi connectivity index (χ1n) is 5.87. The lowest BCUT2D eigenvalue weighted by Crippen LogP contribution is -2.20. The van der Waals surface area contributed by atoms with Crippen LogP contribution in [0.1, 0.15) is 20.8 Å². The highest BCUT2D eigenvalue weighted by Gasteiger charge is 2.22. The van der Waals surface area contributed by atoms with E-state index < -0.39 is 0 Å². The van der Waals surface area contributed by atoms with Crippen molar-refractivity contribution in [2.24, 2.45) is 4.99 Å². The molecule has 18 heavy (non-hydrogen) atoms. The van der Waals surface area contributed by atoms with Crippen molar-refractivity contribution in [3.63, 3.8) is 0 Å². The molecule has 0 saturated carbocycles. The van der Waals surface area contributed by atoms with Crippen LogP contribution in [-0.4, -0.2) is 15.9 Å². The van der Waals surface area contributed by atoms with Gasteiger partial charge in [-0.3, -0.25) is 5.41 Å². The minimum absolute atomic E-state index is 0.0390. The van der Waals surface area contributed by atoms with Crippen LogP contribution in [0.3, 0.4) is 0 Å². The third-order valence-corrected chi connectivity index (χ3v) is 3.01. The SMILES string of the molecule is CC(C)(C)n1cc2ccc(=N)nc3c2c1N=CN3. The van der Waals surface area contributed by atoms with Gasteiger partial charge >= 0.3 is 0 Å². The van der Waals surface area contributed by atoms with Crippen molar-refractivity contribution in [2.45, 2.75) is 26.3 Å². The molecule has 0 unspecified atom stereocenters. The quantitative estimate of drug-likeness (QED) is 0.743. The molecule has 0 amide bonds. The molecule has 1 aliphatic heterocycles. The molecule has 0 aliphatic carbocycles. The Kier molecular flexibility index (Phi) is 2.08. The standard InChI is InChI=1S/C13H15N5/c1-13(2,3)18-6-8-4-5-9(14)17-11-10(8)12(18)16-7-15-11/h4-7H,1-3H3,(H2,14,15,16,17). The monoisotopic (exact) mass is 241 g/mol. The third kappa shape index (κ3) is 1.51. The molecule has 92 valence electrons. The number of rotatable bonds is 0. The minimum Gasteiger partial charge on any atom is -0.330 e. The van der Waals surface area contributed by atoms with E-state index in [2.05, 4.69) is 46.8 Å². The van der Waals surface area contributed by atoms with Crippen LogP contribution in [0.4, 0.5) is 11.6 Å². The predicted octanol–water partition coefficient (Wildman–Crippen LogP) is 2.36. The second kappa shape index (κ2) is 3.41. The molecule has 5 heteroatoms. The highest BCUT2D eigenvalue weighted by Crippen LogP contribution is 2.37. The summed E-state index contributed by atoms with van der Waals surface area (Å²) in [6, 6.07) is 3.62. The molecule has 5 nitrogen and oxygen atoms in total. The molecule has 2 N–H and O–H groups in total. The molecule has 2 aromatic rings. The number of aromatic nitrogens is 2. The Morgan fingerprint density at radius 3 is 2.78 bits per heavy atom. The van der Waals surface area contributed by atoms with Crippen molar-refractivity contribution in [3.05, 3.63) is 23.8 Å². The molecule has 0 aromatic carbocycles. The summed E-state index contributed by atoms with van der Waals surface area (Å²) in [6.07, 6.45) is 3.70. The van der Waals surface area contributed by atoms with Gasteiger partial charge in [-0.15, -0.1) is 0 Å². The maximum atomic E-state index is 7.68. The molecule has 3 heterocycles. The van der Waals surface area contributed by atoms with Crippen molar-refractivity contribution >= 4 is 28.7 Å². The Morgan fingerprint density at radius 1 is 1.28 bits per heavy atom. The van der Waals surface area contributed by atoms with E-state index in [1.807, 2.05) is 6.07 Å². The summed E-state index contributed by atoms with van der Waals surface area (Å²) in [5, 5.41) is 12.7. The summed E-state index contributed by atoms with van der Waals surface area (Å²) in [5.41, 5.74) is 0.208. The number of hydrogen-bond acceptors (Lipinski definition) is 4. The van der Waals surface area contributed by atoms with Crippen LogP contribution in [-0.2, 0) is 5.54 Å². The normalized spacial score (nSPS) is 13.7. The molecular formula is C13H15N5. The van der Waals surface area contributed by atoms with Crippen LogP contribution >= 0.6 is 0 Å². The highest BCUT2D eigenvalue weighted by molar-refractivity contribution is 6.06. The van der Waals surface area contributed by atoms with Gasteiger partial charge in [0.05, 0.1) is 11.7 Å². The summed E-state index contributed by atoms with van der Waals surface area (Å²) in [4.78, 5) is 8.66. The fourth-order valence-electron chi connectivity index (χ4n) is 2.16. The number of hydrogen-bond donors (Lipinski definition) is 2. The average Bonchev–Trinajstić information content (AvgIpc) is 2.57. The van der Waals surface area contributed by atoms with E-state index in [9.17, 15) is 0 Å². The molecule has 3 rings (SSSR count). The Labute approximate surface area is 105 Å². The van der Waals surface area contributed by atoms with Gasteiger partial charge in [-0.25, -0.2) is 9.98 Å². The molecule has 0 spiro atoms. The molecule has 0 atom stereocenters. The maximum absolute atomic E-state index is 7.68. The summed E-state index contributed by atoms with van der Waals surface area (Å²) in [5.74, 6) is 1.60. The Bertz CT molecular complexity index is 718. The van der Waals surface area contributed by atoms with Crippen molar-refractivity contribution < 1.29 is 0 Å². The molecular weight excluding hydrogens is 226 g/mol. The van der Waals surface area contributed by atoms with E-state index in [1.54, 1.807) is 12.4 Å². The van der Waals surface area contributed by atoms with Gasteiger partial charge in [0.15, 0.2) is 0 Å². The molecule has 1 aliphatic rings. The van der Waals surface area contributed by atoms with E-state index in [-0.39, 0.29) is 11.0 Å². The number of anilines is 1. The van der Waals surface area contributed by atoms with Gasteiger partial charge in [-0.1, -0.05) is 0 Å². The smallest absolute Gasteiger partial charge is 0.146 e. The molecule has 0 bridgehead atoms. The van der Waals surface area contributed by atoms with Crippen LogP contribution < -0.4 is 10.8 Å². The Balaban J connectivity index is 2.49. The van der Waals surface area contributed by atoms with Gasteiger partial charge in [-0.2, -0.15) is 0 Å². The van der Waals surface area contributed by atoms with Gasteiger partial charge in [0.1, 0.15) is 17.1 Å². The van der Waals surface area contributed by atoms with E-state index in [1.165, 1.54) is 0 Å². The second-order valence-electron chi connectivity index (χ2n) is 5.41. The molecule has 0 fully saturated rings. The first-order chi connectivity index (χ1) is 8.47. The zero-order valence-electron chi connectivity index (χ0n) is 10.7. The predicted molar refractivity (Wildman–Crippen MR) is 72.4 cm³/mol. The lowest BCUT2D eigenvalue weighted by atomic mass is 10.1. The summed E-state index contributed by atoms with van der Waals surface area (Å²) in [6.45, 7) is 6.43. The first kappa shape index (κ1) is 11.0. The number of nitrogens with one attached hydrogen (secondary N) is 2. The van der Waals surface area contributed by atoms with Crippen LogP contribution in [0.5, 0.6) is 0 Å². The van der Waals surface area contributed by atoms with Gasteiger partial charge in [0.25, 0.3) is 0 Å². The van der Waals surface area contributed by atoms with E-state index >= 15 is 0 Å². The fourth-order valence-corrected chi connectivity index (χ4v) is 2.16. The summed E-state index contributed by atoms with van der Waals surface area (Å²) >= 11 is 0. The largest absolute Gasteiger partial charge is 0.330 e. The zero-order chi connectivity index (χ0) is 12.9. The molecule has 0 saturated heterocycles. The van der Waals surface area contributed by atoms with Gasteiger partial charge < -0.3 is 9.88 Å². The number of nitrogens with zero attached hydrogens (tertiary/aromatic N) is 3. The van der Waals surface area contributed by atoms with E-state index in [0.29, 0.717) is 5.82 Å². The van der Waals surface area contributed by atoms with Crippen LogP contribution in [0.25, 0.3) is 10.8 Å². The van der Waals surface area contributed by atoms with Crippen molar-refractivity contribution in [2.75, 3.05) is 5.32 Å². The van der Waals surface area contributed by atoms with Crippen molar-refractivity contribution in [1.82, 2.24) is 9.55 Å². The zero-order valence-corrected chi connectivity index (χ0v) is 10.7. The highest BCUT2D eigenvalue weighted by atomic mass is 15.2. The third-order valence-electron chi connectivity index (χ3n) is 3.01. The van der Waals surface area contributed by atoms with Crippen LogP contribution in [0, 0.1) is 5.41 Å². The lowest BCUT2D eigenvalue weighted by Gasteiger charge is -2.23. The van der Waals surface area contributed by atoms with Crippen LogP contribution in [0.15, 0.2) is 23.3 Å². The molecule has 2 aromatic heterocycles. The first-order valence-corrected chi connectivity index (χ1v) is 5.87. The number of aliphatic imine (C=N–C) groups is 1. The topological polar surface area (TPSA) is 66.1 Å². The van der Waals surface area contributed by atoms with Gasteiger partial charge in [0, 0.05) is 17.1 Å². The summed E-state index contributed by atoms with van der Waals surface area (Å²) in [7, 11) is 0. The Hall–Kier alpha value is -2.17. The summed E-state index contributed by atoms with van der Waals surface area (Å²) < 4.78 is 2.14. The van der Waals surface area contributed by atoms with Crippen molar-refractivity contribution in [1.29, 1.82) is 5.41 Å². The molecule has 0 radical (unpaired) electrons. The van der Waals surface area contributed by atoms with E-state index in [4.69, 9.17) is 5.41 Å². The lowest BCUT2D eigenvalue weighted by molar-refractivity contribution is 0.403. The van der Waals surface area contributed by atoms with Crippen molar-refractivity contribution in [3.8, 4) is 0 Å². The Morgan fingerprint density at radius 2 is 2.06 bits per heavy atom. The fraction of sp³-hybridized carbons (Fsp3) is 0.308. The van der Waals surface area contributed by atoms with Crippen LogP contribution in [0.2, 0.25) is 0 Å².